The van der Waals surface area contributed by atoms with E-state index in [0.717, 1.165) is 12.8 Å². The Morgan fingerprint density at radius 2 is 2.27 bits per heavy atom. The molecular formula is C8H16N2O. The molecule has 0 radical (unpaired) electrons. The Bertz CT molecular complexity index is 158. The number of likely N-dealkylation sites (N-methyl/N-ethyl adjacent to an activating group) is 1. The molecule has 1 saturated heterocycles. The predicted molar refractivity (Wildman–Crippen MR) is 44.1 cm³/mol. The summed E-state index contributed by atoms with van der Waals surface area (Å²) in [6.07, 6.45) is 2.43. The molecule has 1 amide bonds. The summed E-state index contributed by atoms with van der Waals surface area (Å²) >= 11 is 0. The largest absolute Gasteiger partial charge is 0.329 e. The lowest BCUT2D eigenvalue weighted by Gasteiger charge is -2.17. The van der Waals surface area contributed by atoms with Crippen molar-refractivity contribution in [2.75, 3.05) is 7.05 Å². The lowest BCUT2D eigenvalue weighted by Crippen LogP contribution is -2.34. The van der Waals surface area contributed by atoms with Crippen molar-refractivity contribution < 1.29 is 4.79 Å². The normalized spacial score (nSPS) is 31.5. The summed E-state index contributed by atoms with van der Waals surface area (Å²) in [5, 5.41) is 3.23. The molecule has 1 aliphatic rings. The first kappa shape index (κ1) is 8.53. The van der Waals surface area contributed by atoms with Crippen LogP contribution in [0.1, 0.15) is 26.7 Å². The van der Waals surface area contributed by atoms with E-state index in [2.05, 4.69) is 12.2 Å². The molecule has 0 aromatic rings. The standard InChI is InChI=1S/C8H16N2O/c1-4-5-7-9-6(2)8(11)10(7)3/h6-7,9H,4-5H2,1-3H3. The fourth-order valence-electron chi connectivity index (χ4n) is 1.48. The van der Waals surface area contributed by atoms with Crippen LogP contribution in [-0.4, -0.2) is 30.1 Å². The van der Waals surface area contributed by atoms with E-state index < -0.39 is 0 Å². The lowest BCUT2D eigenvalue weighted by atomic mass is 10.3. The highest BCUT2D eigenvalue weighted by Crippen LogP contribution is 2.11. The molecule has 1 rings (SSSR count). The zero-order valence-corrected chi connectivity index (χ0v) is 7.42. The van der Waals surface area contributed by atoms with Crippen LogP contribution in [0.5, 0.6) is 0 Å². The number of rotatable bonds is 2. The van der Waals surface area contributed by atoms with Crippen molar-refractivity contribution in [1.82, 2.24) is 10.2 Å². The Morgan fingerprint density at radius 1 is 1.64 bits per heavy atom. The van der Waals surface area contributed by atoms with Crippen LogP contribution in [0.4, 0.5) is 0 Å². The summed E-state index contributed by atoms with van der Waals surface area (Å²) < 4.78 is 0. The number of hydrogen-bond acceptors (Lipinski definition) is 2. The molecule has 1 heterocycles. The van der Waals surface area contributed by atoms with Gasteiger partial charge in [0.15, 0.2) is 0 Å². The molecule has 1 N–H and O–H groups in total. The van der Waals surface area contributed by atoms with Crippen LogP contribution >= 0.6 is 0 Å². The maximum absolute atomic E-state index is 11.3. The van der Waals surface area contributed by atoms with Gasteiger partial charge in [-0.15, -0.1) is 0 Å². The van der Waals surface area contributed by atoms with Crippen molar-refractivity contribution in [2.45, 2.75) is 38.9 Å². The lowest BCUT2D eigenvalue weighted by molar-refractivity contribution is -0.128. The first-order chi connectivity index (χ1) is 5.16. The average molecular weight is 156 g/mol. The Hall–Kier alpha value is -0.570. The van der Waals surface area contributed by atoms with Gasteiger partial charge in [0.2, 0.25) is 5.91 Å². The molecule has 11 heavy (non-hydrogen) atoms. The Morgan fingerprint density at radius 3 is 2.64 bits per heavy atom. The molecule has 1 fully saturated rings. The van der Waals surface area contributed by atoms with Gasteiger partial charge in [0, 0.05) is 7.05 Å². The highest BCUT2D eigenvalue weighted by molar-refractivity contribution is 5.83. The number of nitrogens with zero attached hydrogens (tertiary/aromatic N) is 1. The highest BCUT2D eigenvalue weighted by Gasteiger charge is 2.32. The zero-order chi connectivity index (χ0) is 8.43. The molecular weight excluding hydrogens is 140 g/mol. The van der Waals surface area contributed by atoms with E-state index >= 15 is 0 Å². The third kappa shape index (κ3) is 1.53. The summed E-state index contributed by atoms with van der Waals surface area (Å²) in [6.45, 7) is 4.04. The van der Waals surface area contributed by atoms with E-state index in [4.69, 9.17) is 0 Å². The molecule has 0 aliphatic carbocycles. The van der Waals surface area contributed by atoms with E-state index in [-0.39, 0.29) is 18.1 Å². The minimum atomic E-state index is 0.0107. The molecule has 1 aliphatic heterocycles. The molecule has 3 nitrogen and oxygen atoms in total. The molecule has 64 valence electrons. The van der Waals surface area contributed by atoms with Gasteiger partial charge in [0.1, 0.15) is 0 Å². The van der Waals surface area contributed by atoms with Crippen molar-refractivity contribution in [3.05, 3.63) is 0 Å². The smallest absolute Gasteiger partial charge is 0.240 e. The summed E-state index contributed by atoms with van der Waals surface area (Å²) in [5.74, 6) is 0.212. The molecule has 3 heteroatoms. The number of carbonyl (C=O) groups is 1. The molecule has 2 atom stereocenters. The van der Waals surface area contributed by atoms with Crippen LogP contribution in [0.25, 0.3) is 0 Å². The third-order valence-electron chi connectivity index (χ3n) is 2.19. The molecule has 0 spiro atoms. The fraction of sp³-hybridized carbons (Fsp3) is 0.875. The van der Waals surface area contributed by atoms with Crippen molar-refractivity contribution in [3.63, 3.8) is 0 Å². The van der Waals surface area contributed by atoms with Crippen LogP contribution in [0.2, 0.25) is 0 Å². The van der Waals surface area contributed by atoms with Crippen molar-refractivity contribution in [1.29, 1.82) is 0 Å². The van der Waals surface area contributed by atoms with Crippen molar-refractivity contribution >= 4 is 5.91 Å². The summed E-state index contributed by atoms with van der Waals surface area (Å²) in [6, 6.07) is 0.0107. The second kappa shape index (κ2) is 3.22. The monoisotopic (exact) mass is 156 g/mol. The van der Waals surface area contributed by atoms with Crippen molar-refractivity contribution in [3.8, 4) is 0 Å². The second-order valence-corrected chi connectivity index (χ2v) is 3.14. The van der Waals surface area contributed by atoms with Gasteiger partial charge in [-0.3, -0.25) is 10.1 Å². The van der Waals surface area contributed by atoms with Gasteiger partial charge in [-0.1, -0.05) is 13.3 Å². The predicted octanol–water partition coefficient (Wildman–Crippen LogP) is 0.563. The highest BCUT2D eigenvalue weighted by atomic mass is 16.2. The Balaban J connectivity index is 2.52. The number of carbonyl (C=O) groups excluding carboxylic acids is 1. The molecule has 0 saturated carbocycles. The van der Waals surface area contributed by atoms with E-state index in [1.807, 2.05) is 14.0 Å². The van der Waals surface area contributed by atoms with Crippen LogP contribution in [0.3, 0.4) is 0 Å². The Kier molecular flexibility index (Phi) is 2.49. The summed E-state index contributed by atoms with van der Waals surface area (Å²) in [5.41, 5.74) is 0. The van der Waals surface area contributed by atoms with Gasteiger partial charge in [-0.25, -0.2) is 0 Å². The van der Waals surface area contributed by atoms with Crippen molar-refractivity contribution in [2.24, 2.45) is 0 Å². The topological polar surface area (TPSA) is 32.3 Å². The van der Waals surface area contributed by atoms with E-state index in [1.165, 1.54) is 0 Å². The molecule has 0 bridgehead atoms. The first-order valence-electron chi connectivity index (χ1n) is 4.19. The molecule has 0 aromatic carbocycles. The second-order valence-electron chi connectivity index (χ2n) is 3.14. The minimum absolute atomic E-state index is 0.0107. The van der Waals surface area contributed by atoms with Crippen LogP contribution in [0, 0.1) is 0 Å². The van der Waals surface area contributed by atoms with E-state index in [0.29, 0.717) is 0 Å². The van der Waals surface area contributed by atoms with Crippen LogP contribution in [-0.2, 0) is 4.79 Å². The minimum Gasteiger partial charge on any atom is -0.329 e. The zero-order valence-electron chi connectivity index (χ0n) is 7.42. The van der Waals surface area contributed by atoms with Gasteiger partial charge in [0.25, 0.3) is 0 Å². The molecule has 0 aromatic heterocycles. The van der Waals surface area contributed by atoms with Crippen LogP contribution in [0.15, 0.2) is 0 Å². The van der Waals surface area contributed by atoms with Gasteiger partial charge < -0.3 is 4.90 Å². The average Bonchev–Trinajstić information content (AvgIpc) is 2.19. The number of amides is 1. The van der Waals surface area contributed by atoms with E-state index in [9.17, 15) is 4.79 Å². The van der Waals surface area contributed by atoms with Gasteiger partial charge in [-0.2, -0.15) is 0 Å². The maximum Gasteiger partial charge on any atom is 0.240 e. The third-order valence-corrected chi connectivity index (χ3v) is 2.19. The van der Waals surface area contributed by atoms with Gasteiger partial charge >= 0.3 is 0 Å². The fourth-order valence-corrected chi connectivity index (χ4v) is 1.48. The number of nitrogens with one attached hydrogen (secondary N) is 1. The number of hydrogen-bond donors (Lipinski definition) is 1. The quantitative estimate of drug-likeness (QED) is 0.633. The summed E-state index contributed by atoms with van der Waals surface area (Å²) in [7, 11) is 1.86. The Labute approximate surface area is 67.8 Å². The van der Waals surface area contributed by atoms with Gasteiger partial charge in [0.05, 0.1) is 12.2 Å². The maximum atomic E-state index is 11.3. The van der Waals surface area contributed by atoms with E-state index in [1.54, 1.807) is 4.90 Å². The molecule has 2 unspecified atom stereocenters. The SMILES string of the molecule is CCCC1NC(C)C(=O)N1C. The first-order valence-corrected chi connectivity index (χ1v) is 4.19. The van der Waals surface area contributed by atoms with Crippen LogP contribution < -0.4 is 5.32 Å². The summed E-state index contributed by atoms with van der Waals surface area (Å²) in [4.78, 5) is 13.1. The van der Waals surface area contributed by atoms with Gasteiger partial charge in [-0.05, 0) is 13.3 Å².